The zero-order valence-electron chi connectivity index (χ0n) is 10.0. The molecule has 3 rings (SSSR count). The SMILES string of the molecule is Cc1ccc2c(c1)C(NCc1cnc[nH]1)CC2. The number of H-pyrrole nitrogens is 1. The summed E-state index contributed by atoms with van der Waals surface area (Å²) in [5.41, 5.74) is 5.47. The standard InChI is InChI=1S/C14H17N3/c1-10-2-3-11-4-5-14(13(11)6-10)16-8-12-7-15-9-17-12/h2-3,6-7,9,14,16H,4-5,8H2,1H3,(H,15,17). The minimum Gasteiger partial charge on any atom is -0.347 e. The van der Waals surface area contributed by atoms with Crippen LogP contribution in [0.5, 0.6) is 0 Å². The molecule has 0 saturated carbocycles. The molecule has 1 aromatic carbocycles. The number of hydrogen-bond donors (Lipinski definition) is 2. The van der Waals surface area contributed by atoms with Gasteiger partial charge in [0.25, 0.3) is 0 Å². The van der Waals surface area contributed by atoms with E-state index in [1.54, 1.807) is 6.33 Å². The number of aromatic amines is 1. The summed E-state index contributed by atoms with van der Waals surface area (Å²) in [6.45, 7) is 3.02. The second-order valence-electron chi connectivity index (χ2n) is 4.75. The highest BCUT2D eigenvalue weighted by Crippen LogP contribution is 2.31. The molecule has 1 aromatic heterocycles. The smallest absolute Gasteiger partial charge is 0.0922 e. The summed E-state index contributed by atoms with van der Waals surface area (Å²) >= 11 is 0. The van der Waals surface area contributed by atoms with Crippen LogP contribution >= 0.6 is 0 Å². The Kier molecular flexibility index (Phi) is 2.69. The molecule has 2 N–H and O–H groups in total. The van der Waals surface area contributed by atoms with E-state index in [-0.39, 0.29) is 0 Å². The topological polar surface area (TPSA) is 40.7 Å². The van der Waals surface area contributed by atoms with Gasteiger partial charge in [-0.05, 0) is 30.9 Å². The lowest BCUT2D eigenvalue weighted by Gasteiger charge is -2.13. The summed E-state index contributed by atoms with van der Waals surface area (Å²) in [5.74, 6) is 0. The molecular formula is C14H17N3. The van der Waals surface area contributed by atoms with E-state index < -0.39 is 0 Å². The number of hydrogen-bond acceptors (Lipinski definition) is 2. The lowest BCUT2D eigenvalue weighted by molar-refractivity contribution is 0.526. The molecule has 0 fully saturated rings. The zero-order valence-corrected chi connectivity index (χ0v) is 10.0. The third kappa shape index (κ3) is 2.11. The van der Waals surface area contributed by atoms with Crippen molar-refractivity contribution in [2.45, 2.75) is 32.4 Å². The summed E-state index contributed by atoms with van der Waals surface area (Å²) in [7, 11) is 0. The average molecular weight is 227 g/mol. The number of nitrogens with zero attached hydrogens (tertiary/aromatic N) is 1. The van der Waals surface area contributed by atoms with Crippen LogP contribution in [0.2, 0.25) is 0 Å². The lowest BCUT2D eigenvalue weighted by Crippen LogP contribution is -2.18. The summed E-state index contributed by atoms with van der Waals surface area (Å²) in [6, 6.07) is 7.28. The van der Waals surface area contributed by atoms with Crippen molar-refractivity contribution in [1.29, 1.82) is 0 Å². The van der Waals surface area contributed by atoms with E-state index in [2.05, 4.69) is 40.4 Å². The van der Waals surface area contributed by atoms with Gasteiger partial charge in [0.05, 0.1) is 6.33 Å². The molecule has 1 atom stereocenters. The van der Waals surface area contributed by atoms with Crippen LogP contribution in [0.1, 0.15) is 34.8 Å². The van der Waals surface area contributed by atoms with Crippen LogP contribution in [0.15, 0.2) is 30.7 Å². The van der Waals surface area contributed by atoms with Crippen LogP contribution < -0.4 is 5.32 Å². The maximum Gasteiger partial charge on any atom is 0.0922 e. The first-order valence-electron chi connectivity index (χ1n) is 6.13. The molecule has 0 spiro atoms. The third-order valence-corrected chi connectivity index (χ3v) is 3.47. The first kappa shape index (κ1) is 10.5. The van der Waals surface area contributed by atoms with Gasteiger partial charge in [0.1, 0.15) is 0 Å². The molecular weight excluding hydrogens is 210 g/mol. The Morgan fingerprint density at radius 2 is 2.41 bits per heavy atom. The molecule has 1 heterocycles. The Balaban J connectivity index is 1.73. The number of fused-ring (bicyclic) bond motifs is 1. The summed E-state index contributed by atoms with van der Waals surface area (Å²) in [4.78, 5) is 7.15. The first-order chi connectivity index (χ1) is 8.33. The van der Waals surface area contributed by atoms with E-state index in [0.717, 1.165) is 12.2 Å². The van der Waals surface area contributed by atoms with Crippen LogP contribution in [0.4, 0.5) is 0 Å². The maximum atomic E-state index is 4.03. The van der Waals surface area contributed by atoms with Crippen molar-refractivity contribution < 1.29 is 0 Å². The zero-order chi connectivity index (χ0) is 11.7. The number of aromatic nitrogens is 2. The second kappa shape index (κ2) is 4.34. The molecule has 0 amide bonds. The van der Waals surface area contributed by atoms with Crippen molar-refractivity contribution >= 4 is 0 Å². The van der Waals surface area contributed by atoms with Gasteiger partial charge in [0.15, 0.2) is 0 Å². The van der Waals surface area contributed by atoms with Gasteiger partial charge in [-0.25, -0.2) is 4.98 Å². The van der Waals surface area contributed by atoms with Gasteiger partial charge in [-0.2, -0.15) is 0 Å². The van der Waals surface area contributed by atoms with Gasteiger partial charge in [0, 0.05) is 24.5 Å². The highest BCUT2D eigenvalue weighted by molar-refractivity contribution is 5.37. The molecule has 3 nitrogen and oxygen atoms in total. The molecule has 17 heavy (non-hydrogen) atoms. The first-order valence-corrected chi connectivity index (χ1v) is 6.13. The fourth-order valence-electron chi connectivity index (χ4n) is 2.55. The Hall–Kier alpha value is -1.61. The summed E-state index contributed by atoms with van der Waals surface area (Å²) < 4.78 is 0. The number of imidazole rings is 1. The predicted molar refractivity (Wildman–Crippen MR) is 67.7 cm³/mol. The predicted octanol–water partition coefficient (Wildman–Crippen LogP) is 2.50. The number of aryl methyl sites for hydroxylation is 2. The van der Waals surface area contributed by atoms with Crippen LogP contribution in [-0.2, 0) is 13.0 Å². The normalized spacial score (nSPS) is 18.3. The molecule has 3 heteroatoms. The van der Waals surface area contributed by atoms with Crippen molar-refractivity contribution in [1.82, 2.24) is 15.3 Å². The molecule has 0 radical (unpaired) electrons. The molecule has 0 aliphatic heterocycles. The number of rotatable bonds is 3. The van der Waals surface area contributed by atoms with E-state index >= 15 is 0 Å². The number of benzene rings is 1. The monoisotopic (exact) mass is 227 g/mol. The Labute approximate surface area is 101 Å². The van der Waals surface area contributed by atoms with Crippen molar-refractivity contribution in [3.8, 4) is 0 Å². The molecule has 2 aromatic rings. The van der Waals surface area contributed by atoms with Gasteiger partial charge in [0.2, 0.25) is 0 Å². The van der Waals surface area contributed by atoms with Crippen LogP contribution in [0.3, 0.4) is 0 Å². The highest BCUT2D eigenvalue weighted by atomic mass is 15.0. The highest BCUT2D eigenvalue weighted by Gasteiger charge is 2.21. The minimum atomic E-state index is 0.494. The Morgan fingerprint density at radius 1 is 1.47 bits per heavy atom. The Morgan fingerprint density at radius 3 is 3.24 bits per heavy atom. The fraction of sp³-hybridized carbons (Fsp3) is 0.357. The van der Waals surface area contributed by atoms with E-state index in [4.69, 9.17) is 0 Å². The van der Waals surface area contributed by atoms with Gasteiger partial charge in [-0.1, -0.05) is 23.8 Å². The molecule has 0 saturated heterocycles. The minimum absolute atomic E-state index is 0.494. The summed E-state index contributed by atoms with van der Waals surface area (Å²) in [5, 5.41) is 3.60. The van der Waals surface area contributed by atoms with Crippen molar-refractivity contribution in [3.05, 3.63) is 53.1 Å². The molecule has 1 aliphatic carbocycles. The lowest BCUT2D eigenvalue weighted by atomic mass is 10.1. The molecule has 88 valence electrons. The molecule has 0 bridgehead atoms. The van der Waals surface area contributed by atoms with Gasteiger partial charge < -0.3 is 10.3 Å². The largest absolute Gasteiger partial charge is 0.347 e. The average Bonchev–Trinajstić information content (AvgIpc) is 2.94. The summed E-state index contributed by atoms with van der Waals surface area (Å²) in [6.07, 6.45) is 5.99. The second-order valence-corrected chi connectivity index (χ2v) is 4.75. The van der Waals surface area contributed by atoms with Crippen molar-refractivity contribution in [3.63, 3.8) is 0 Å². The number of nitrogens with one attached hydrogen (secondary N) is 2. The quantitative estimate of drug-likeness (QED) is 0.845. The van der Waals surface area contributed by atoms with E-state index in [1.807, 2.05) is 6.20 Å². The van der Waals surface area contributed by atoms with E-state index in [9.17, 15) is 0 Å². The Bertz CT molecular complexity index is 502. The van der Waals surface area contributed by atoms with E-state index in [0.29, 0.717) is 6.04 Å². The fourth-order valence-corrected chi connectivity index (χ4v) is 2.55. The van der Waals surface area contributed by atoms with Crippen LogP contribution in [-0.4, -0.2) is 9.97 Å². The van der Waals surface area contributed by atoms with Crippen molar-refractivity contribution in [2.24, 2.45) is 0 Å². The van der Waals surface area contributed by atoms with Gasteiger partial charge >= 0.3 is 0 Å². The maximum absolute atomic E-state index is 4.03. The van der Waals surface area contributed by atoms with Gasteiger partial charge in [-0.3, -0.25) is 0 Å². The van der Waals surface area contributed by atoms with Gasteiger partial charge in [-0.15, -0.1) is 0 Å². The van der Waals surface area contributed by atoms with E-state index in [1.165, 1.54) is 29.5 Å². The van der Waals surface area contributed by atoms with Crippen molar-refractivity contribution in [2.75, 3.05) is 0 Å². The third-order valence-electron chi connectivity index (χ3n) is 3.47. The molecule has 1 aliphatic rings. The van der Waals surface area contributed by atoms with Crippen LogP contribution in [0.25, 0.3) is 0 Å². The van der Waals surface area contributed by atoms with Crippen LogP contribution in [0, 0.1) is 6.92 Å². The molecule has 1 unspecified atom stereocenters.